The van der Waals surface area contributed by atoms with Crippen molar-refractivity contribution in [2.75, 3.05) is 36.4 Å². The number of imide groups is 1. The average Bonchev–Trinajstić information content (AvgIpc) is 3.68. The van der Waals surface area contributed by atoms with E-state index in [0.717, 1.165) is 11.2 Å². The van der Waals surface area contributed by atoms with E-state index in [4.69, 9.17) is 0 Å². The van der Waals surface area contributed by atoms with Gasteiger partial charge < -0.3 is 15.1 Å². The first kappa shape index (κ1) is 34.4. The van der Waals surface area contributed by atoms with Gasteiger partial charge in [-0.1, -0.05) is 13.0 Å². The molecule has 9 rings (SSSR count). The number of H-pyrrole nitrogens is 1. The summed E-state index contributed by atoms with van der Waals surface area (Å²) >= 11 is 0. The minimum Gasteiger partial charge on any atom is -0.370 e. The molecule has 3 saturated heterocycles. The topological polar surface area (TPSA) is 172 Å². The molecule has 3 N–H and O–H groups in total. The number of fused-ring (bicyclic) bond motifs is 3. The van der Waals surface area contributed by atoms with E-state index in [-0.39, 0.29) is 60.8 Å². The fraction of sp³-hybridized carbons (Fsp3) is 0.541. The second-order valence-electron chi connectivity index (χ2n) is 15.8. The van der Waals surface area contributed by atoms with E-state index in [0.29, 0.717) is 74.3 Å². The van der Waals surface area contributed by atoms with Gasteiger partial charge in [0.1, 0.15) is 6.04 Å². The van der Waals surface area contributed by atoms with Crippen molar-refractivity contribution in [1.29, 1.82) is 0 Å². The van der Waals surface area contributed by atoms with Crippen molar-refractivity contribution in [3.63, 3.8) is 0 Å². The third-order valence-corrected chi connectivity index (χ3v) is 12.8. The van der Waals surface area contributed by atoms with Crippen molar-refractivity contribution in [2.24, 2.45) is 24.3 Å². The van der Waals surface area contributed by atoms with Gasteiger partial charge in [-0.3, -0.25) is 43.4 Å². The molecule has 4 aromatic rings. The molecule has 4 fully saturated rings. The lowest BCUT2D eigenvalue weighted by molar-refractivity contribution is -0.138. The summed E-state index contributed by atoms with van der Waals surface area (Å²) in [7, 11) is 1.69. The molecule has 0 bridgehead atoms. The zero-order valence-electron chi connectivity index (χ0n) is 30.1. The van der Waals surface area contributed by atoms with Crippen LogP contribution in [0, 0.1) is 17.3 Å². The number of aromatic amines is 1. The standard InChI is InChI=1S/C37H42F2N10O5/c1-36-17-24-23(16-28(36)37(36,38)39)30(44-43-24)33(52)41-21-18-40-48(19-21)22-10-14-47(15-11-22)34(53)20-8-12-46(13-9-20)25-4-3-5-26-31(25)45(2)35(54)49(26)27-6-7-29(50)42-32(27)51/h3-5,18-20,22,27-28H,6-17H2,1-2H3,(H,41,52)(H,43,44)(H,42,50,51)/t27?,28-,36+/m0/s1. The number of hydrogen-bond acceptors (Lipinski definition) is 8. The number of likely N-dealkylation sites (tertiary alicyclic amines) is 1. The molecular formula is C37H42F2N10O5. The van der Waals surface area contributed by atoms with Crippen LogP contribution in [0.25, 0.3) is 11.0 Å². The smallest absolute Gasteiger partial charge is 0.329 e. The Kier molecular flexibility index (Phi) is 7.87. The van der Waals surface area contributed by atoms with Crippen LogP contribution >= 0.6 is 0 Å². The van der Waals surface area contributed by atoms with Gasteiger partial charge in [0.05, 0.1) is 34.6 Å². The van der Waals surface area contributed by atoms with Crippen molar-refractivity contribution >= 4 is 46.0 Å². The Morgan fingerprint density at radius 3 is 2.52 bits per heavy atom. The molecule has 1 unspecified atom stereocenters. The Morgan fingerprint density at radius 1 is 1.02 bits per heavy atom. The van der Waals surface area contributed by atoms with Gasteiger partial charge in [-0.2, -0.15) is 10.2 Å². The molecule has 3 aliphatic heterocycles. The molecule has 4 amide bonds. The number of piperidine rings is 3. The van der Waals surface area contributed by atoms with Gasteiger partial charge in [-0.15, -0.1) is 0 Å². The number of nitrogens with zero attached hydrogens (tertiary/aromatic N) is 7. The molecule has 284 valence electrons. The Hall–Kier alpha value is -5.35. The maximum atomic E-state index is 14.4. The zero-order valence-corrected chi connectivity index (χ0v) is 30.1. The summed E-state index contributed by atoms with van der Waals surface area (Å²) in [5.41, 5.74) is 2.64. The van der Waals surface area contributed by atoms with E-state index in [1.165, 1.54) is 4.57 Å². The van der Waals surface area contributed by atoms with Crippen LogP contribution in [-0.4, -0.2) is 89.7 Å². The van der Waals surface area contributed by atoms with Crippen LogP contribution in [0.3, 0.4) is 0 Å². The third kappa shape index (κ3) is 5.28. The molecule has 6 heterocycles. The molecular weight excluding hydrogens is 702 g/mol. The van der Waals surface area contributed by atoms with Crippen molar-refractivity contribution in [3.8, 4) is 0 Å². The highest BCUT2D eigenvalue weighted by Gasteiger charge is 2.78. The first-order valence-corrected chi connectivity index (χ1v) is 18.7. The zero-order chi connectivity index (χ0) is 37.7. The molecule has 1 aromatic carbocycles. The number of hydrogen-bond donors (Lipinski definition) is 3. The van der Waals surface area contributed by atoms with E-state index in [1.807, 2.05) is 27.8 Å². The molecule has 17 heteroatoms. The molecule has 0 spiro atoms. The average molecular weight is 745 g/mol. The lowest BCUT2D eigenvalue weighted by atomic mass is 9.87. The van der Waals surface area contributed by atoms with Crippen LogP contribution in [0.5, 0.6) is 0 Å². The molecule has 5 aliphatic rings. The second kappa shape index (κ2) is 12.3. The van der Waals surface area contributed by atoms with Crippen LogP contribution in [-0.2, 0) is 34.3 Å². The summed E-state index contributed by atoms with van der Waals surface area (Å²) in [5.74, 6) is -4.76. The fourth-order valence-corrected chi connectivity index (χ4v) is 9.47. The summed E-state index contributed by atoms with van der Waals surface area (Å²) in [4.78, 5) is 68.7. The Labute approximate surface area is 308 Å². The Balaban J connectivity index is 0.793. The maximum absolute atomic E-state index is 14.4. The van der Waals surface area contributed by atoms with E-state index >= 15 is 0 Å². The van der Waals surface area contributed by atoms with E-state index in [9.17, 15) is 32.8 Å². The molecule has 3 atom stereocenters. The number of amides is 4. The van der Waals surface area contributed by atoms with Crippen molar-refractivity contribution < 1.29 is 28.0 Å². The molecule has 54 heavy (non-hydrogen) atoms. The molecule has 3 aromatic heterocycles. The van der Waals surface area contributed by atoms with Gasteiger partial charge in [0.15, 0.2) is 5.69 Å². The Morgan fingerprint density at radius 2 is 1.78 bits per heavy atom. The van der Waals surface area contributed by atoms with E-state index in [2.05, 4.69) is 30.8 Å². The quantitative estimate of drug-likeness (QED) is 0.253. The number of carbonyl (C=O) groups excluding carboxylic acids is 4. The van der Waals surface area contributed by atoms with Gasteiger partial charge in [0.2, 0.25) is 17.7 Å². The van der Waals surface area contributed by atoms with Crippen molar-refractivity contribution in [2.45, 2.75) is 76.3 Å². The van der Waals surface area contributed by atoms with Crippen LogP contribution in [0.15, 0.2) is 35.4 Å². The van der Waals surface area contributed by atoms with Gasteiger partial charge in [0, 0.05) is 80.8 Å². The van der Waals surface area contributed by atoms with E-state index < -0.39 is 35.1 Å². The number of alkyl halides is 2. The lowest BCUT2D eigenvalue weighted by Gasteiger charge is -2.38. The monoisotopic (exact) mass is 744 g/mol. The van der Waals surface area contributed by atoms with Crippen LogP contribution < -0.4 is 21.2 Å². The summed E-state index contributed by atoms with van der Waals surface area (Å²) in [6.45, 7) is 4.04. The number of imidazole rings is 1. The van der Waals surface area contributed by atoms with Gasteiger partial charge in [0.25, 0.3) is 11.8 Å². The molecule has 15 nitrogen and oxygen atoms in total. The van der Waals surface area contributed by atoms with Crippen LogP contribution in [0.4, 0.5) is 20.2 Å². The minimum absolute atomic E-state index is 0.0501. The van der Waals surface area contributed by atoms with Crippen molar-refractivity contribution in [1.82, 2.24) is 39.3 Å². The molecule has 2 aliphatic carbocycles. The summed E-state index contributed by atoms with van der Waals surface area (Å²) in [6, 6.07) is 4.95. The summed E-state index contributed by atoms with van der Waals surface area (Å²) in [6.07, 6.45) is 6.81. The van der Waals surface area contributed by atoms with Gasteiger partial charge >= 0.3 is 5.69 Å². The van der Waals surface area contributed by atoms with Crippen LogP contribution in [0.1, 0.15) is 79.3 Å². The molecule has 1 saturated carbocycles. The predicted molar refractivity (Wildman–Crippen MR) is 191 cm³/mol. The number of aromatic nitrogens is 6. The lowest BCUT2D eigenvalue weighted by Crippen LogP contribution is -2.45. The number of halogens is 2. The number of nitrogens with one attached hydrogen (secondary N) is 3. The number of carbonyl (C=O) groups is 4. The first-order valence-electron chi connectivity index (χ1n) is 18.7. The third-order valence-electron chi connectivity index (χ3n) is 12.8. The number of benzene rings is 1. The number of aryl methyl sites for hydroxylation is 1. The number of para-hydroxylation sites is 1. The maximum Gasteiger partial charge on any atom is 0.329 e. The Bertz CT molecular complexity index is 2270. The number of rotatable bonds is 6. The number of anilines is 2. The second-order valence-corrected chi connectivity index (χ2v) is 15.8. The SMILES string of the molecule is Cn1c(=O)n(C2CCC(=O)NC2=O)c2cccc(N3CCC(C(=O)N4CCC(n5cc(NC(=O)c6n[nH]c7c6C[C@@H]6C(F)(F)[C@]6(C)C7)cn5)CC4)CC3)c21. The van der Waals surface area contributed by atoms with Gasteiger partial charge in [-0.25, -0.2) is 13.6 Å². The predicted octanol–water partition coefficient (Wildman–Crippen LogP) is 2.94. The normalized spacial score (nSPS) is 25.7. The first-order chi connectivity index (χ1) is 25.9. The highest BCUT2D eigenvalue weighted by atomic mass is 19.3. The summed E-state index contributed by atoms with van der Waals surface area (Å²) in [5, 5.41) is 16.6. The summed E-state index contributed by atoms with van der Waals surface area (Å²) < 4.78 is 33.6. The van der Waals surface area contributed by atoms with Crippen LogP contribution in [0.2, 0.25) is 0 Å². The van der Waals surface area contributed by atoms with E-state index in [1.54, 1.807) is 30.9 Å². The minimum atomic E-state index is -2.74. The highest BCUT2D eigenvalue weighted by molar-refractivity contribution is 6.04. The van der Waals surface area contributed by atoms with Crippen molar-refractivity contribution in [3.05, 3.63) is 58.0 Å². The van der Waals surface area contributed by atoms with Gasteiger partial charge in [-0.05, 0) is 50.7 Å². The fourth-order valence-electron chi connectivity index (χ4n) is 9.47. The highest BCUT2D eigenvalue weighted by Crippen LogP contribution is 2.70. The molecule has 0 radical (unpaired) electrons. The largest absolute Gasteiger partial charge is 0.370 e.